The maximum Gasteiger partial charge on any atom is 0.226 e. The summed E-state index contributed by atoms with van der Waals surface area (Å²) in [6.07, 6.45) is 6.23. The van der Waals surface area contributed by atoms with Crippen LogP contribution < -0.4 is 10.2 Å². The number of hydrogen-bond acceptors (Lipinski definition) is 4. The highest BCUT2D eigenvalue weighted by molar-refractivity contribution is 7.15. The number of hydrogen-bond donors (Lipinski definition) is 2. The standard InChI is InChI=1S/C18H24N4OS/c23-16(10-9-15-7-3-1-4-8-15)19-18-21-20-17(24-18)11-14-22-12-5-2-6-13-22/h1,3-4,7-8H,2,5-6,9-14H2,(H,19,21,23)/p+1. The molecular weight excluding hydrogens is 320 g/mol. The minimum Gasteiger partial charge on any atom is -0.335 e. The predicted octanol–water partition coefficient (Wildman–Crippen LogP) is 1.72. The summed E-state index contributed by atoms with van der Waals surface area (Å²) in [7, 11) is 0. The van der Waals surface area contributed by atoms with Gasteiger partial charge in [0.2, 0.25) is 11.0 Å². The molecule has 2 N–H and O–H groups in total. The number of aromatic nitrogens is 2. The van der Waals surface area contributed by atoms with Crippen LogP contribution in [0.5, 0.6) is 0 Å². The molecule has 2 heterocycles. The number of nitrogens with one attached hydrogen (secondary N) is 2. The first-order valence-electron chi connectivity index (χ1n) is 8.79. The normalized spacial score (nSPS) is 15.3. The Balaban J connectivity index is 1.40. The van der Waals surface area contributed by atoms with E-state index >= 15 is 0 Å². The zero-order chi connectivity index (χ0) is 16.6. The average Bonchev–Trinajstić information content (AvgIpc) is 3.07. The maximum absolute atomic E-state index is 12.0. The summed E-state index contributed by atoms with van der Waals surface area (Å²) >= 11 is 1.50. The van der Waals surface area contributed by atoms with Gasteiger partial charge in [0.15, 0.2) is 0 Å². The number of rotatable bonds is 7. The summed E-state index contributed by atoms with van der Waals surface area (Å²) in [5.74, 6) is 0.00297. The van der Waals surface area contributed by atoms with Crippen molar-refractivity contribution >= 4 is 22.4 Å². The van der Waals surface area contributed by atoms with Gasteiger partial charge < -0.3 is 10.2 Å². The van der Waals surface area contributed by atoms with Gasteiger partial charge in [-0.15, -0.1) is 10.2 Å². The fraction of sp³-hybridized carbons (Fsp3) is 0.500. The first-order valence-corrected chi connectivity index (χ1v) is 9.61. The van der Waals surface area contributed by atoms with Crippen LogP contribution in [0.4, 0.5) is 5.13 Å². The van der Waals surface area contributed by atoms with Crippen molar-refractivity contribution in [1.82, 2.24) is 10.2 Å². The Bertz CT molecular complexity index is 637. The van der Waals surface area contributed by atoms with Crippen LogP contribution in [0.1, 0.15) is 36.3 Å². The molecule has 0 spiro atoms. The van der Waals surface area contributed by atoms with Crippen molar-refractivity contribution in [2.24, 2.45) is 0 Å². The quantitative estimate of drug-likeness (QED) is 0.803. The number of piperidine rings is 1. The van der Waals surface area contributed by atoms with Crippen molar-refractivity contribution in [2.75, 3.05) is 25.0 Å². The second kappa shape index (κ2) is 8.89. The Hall–Kier alpha value is -1.79. The molecule has 6 heteroatoms. The molecule has 1 aliphatic heterocycles. The smallest absolute Gasteiger partial charge is 0.226 e. The van der Waals surface area contributed by atoms with Gasteiger partial charge in [-0.05, 0) is 31.2 Å². The van der Waals surface area contributed by atoms with Crippen LogP contribution in [-0.4, -0.2) is 35.7 Å². The topological polar surface area (TPSA) is 59.3 Å². The van der Waals surface area contributed by atoms with Crippen LogP contribution in [0.15, 0.2) is 30.3 Å². The van der Waals surface area contributed by atoms with E-state index in [-0.39, 0.29) is 5.91 Å². The van der Waals surface area contributed by atoms with Gasteiger partial charge >= 0.3 is 0 Å². The number of aryl methyl sites for hydroxylation is 1. The molecule has 0 radical (unpaired) electrons. The average molecular weight is 345 g/mol. The molecule has 0 unspecified atom stereocenters. The highest BCUT2D eigenvalue weighted by Gasteiger charge is 2.15. The number of carbonyl (C=O) groups is 1. The molecule has 1 amide bonds. The molecule has 1 aliphatic rings. The van der Waals surface area contributed by atoms with E-state index < -0.39 is 0 Å². The molecule has 2 aromatic rings. The Morgan fingerprint density at radius 1 is 1.08 bits per heavy atom. The predicted molar refractivity (Wildman–Crippen MR) is 96.4 cm³/mol. The molecule has 0 aliphatic carbocycles. The van der Waals surface area contributed by atoms with Crippen LogP contribution in [0, 0.1) is 0 Å². The Morgan fingerprint density at radius 2 is 1.88 bits per heavy atom. The van der Waals surface area contributed by atoms with E-state index in [4.69, 9.17) is 0 Å². The molecule has 1 saturated heterocycles. The van der Waals surface area contributed by atoms with E-state index in [0.717, 1.165) is 24.4 Å². The van der Waals surface area contributed by atoms with Crippen molar-refractivity contribution in [1.29, 1.82) is 0 Å². The van der Waals surface area contributed by atoms with E-state index in [1.807, 2.05) is 30.3 Å². The molecule has 128 valence electrons. The lowest BCUT2D eigenvalue weighted by Gasteiger charge is -2.22. The molecule has 0 saturated carbocycles. The summed E-state index contributed by atoms with van der Waals surface area (Å²) in [6, 6.07) is 10.1. The lowest BCUT2D eigenvalue weighted by atomic mass is 10.1. The van der Waals surface area contributed by atoms with Crippen molar-refractivity contribution in [2.45, 2.75) is 38.5 Å². The van der Waals surface area contributed by atoms with E-state index in [2.05, 4.69) is 15.5 Å². The Labute approximate surface area is 147 Å². The zero-order valence-electron chi connectivity index (χ0n) is 14.0. The first-order chi connectivity index (χ1) is 11.8. The molecule has 0 atom stereocenters. The summed E-state index contributed by atoms with van der Waals surface area (Å²) in [5, 5.41) is 12.8. The van der Waals surface area contributed by atoms with Gasteiger partial charge in [0, 0.05) is 6.42 Å². The second-order valence-electron chi connectivity index (χ2n) is 6.35. The van der Waals surface area contributed by atoms with Crippen molar-refractivity contribution in [3.05, 3.63) is 40.9 Å². The summed E-state index contributed by atoms with van der Waals surface area (Å²) in [5.41, 5.74) is 1.18. The Morgan fingerprint density at radius 3 is 2.67 bits per heavy atom. The number of benzene rings is 1. The number of amides is 1. The van der Waals surface area contributed by atoms with Gasteiger partial charge in [-0.3, -0.25) is 4.79 Å². The molecular formula is C18H25N4OS+. The highest BCUT2D eigenvalue weighted by Crippen LogP contribution is 2.16. The number of anilines is 1. The van der Waals surface area contributed by atoms with E-state index in [1.54, 1.807) is 4.90 Å². The Kier molecular flexibility index (Phi) is 6.32. The van der Waals surface area contributed by atoms with Crippen LogP contribution >= 0.6 is 11.3 Å². The third-order valence-electron chi connectivity index (χ3n) is 4.45. The van der Waals surface area contributed by atoms with Crippen LogP contribution in [0.2, 0.25) is 0 Å². The summed E-state index contributed by atoms with van der Waals surface area (Å²) in [4.78, 5) is 13.7. The number of nitrogens with zero attached hydrogens (tertiary/aromatic N) is 2. The van der Waals surface area contributed by atoms with Crippen LogP contribution in [0.25, 0.3) is 0 Å². The minimum atomic E-state index is 0.00297. The lowest BCUT2D eigenvalue weighted by Crippen LogP contribution is -3.13. The number of likely N-dealkylation sites (tertiary alicyclic amines) is 1. The fourth-order valence-corrected chi connectivity index (χ4v) is 3.83. The summed E-state index contributed by atoms with van der Waals surface area (Å²) < 4.78 is 0. The monoisotopic (exact) mass is 345 g/mol. The third-order valence-corrected chi connectivity index (χ3v) is 5.35. The summed E-state index contributed by atoms with van der Waals surface area (Å²) in [6.45, 7) is 3.68. The fourth-order valence-electron chi connectivity index (χ4n) is 3.07. The lowest BCUT2D eigenvalue weighted by molar-refractivity contribution is -0.904. The van der Waals surface area contributed by atoms with Crippen molar-refractivity contribution in [3.8, 4) is 0 Å². The van der Waals surface area contributed by atoms with Crippen LogP contribution in [0.3, 0.4) is 0 Å². The molecule has 1 aromatic heterocycles. The zero-order valence-corrected chi connectivity index (χ0v) is 14.8. The molecule has 1 aromatic carbocycles. The number of carbonyl (C=O) groups excluding carboxylic acids is 1. The van der Waals surface area contributed by atoms with Crippen LogP contribution in [-0.2, 0) is 17.6 Å². The molecule has 1 fully saturated rings. The SMILES string of the molecule is O=C(CCc1ccccc1)Nc1nnc(CC[NH+]2CCCCC2)s1. The molecule has 24 heavy (non-hydrogen) atoms. The highest BCUT2D eigenvalue weighted by atomic mass is 32.1. The van der Waals surface area contributed by atoms with Gasteiger partial charge in [0.1, 0.15) is 5.01 Å². The van der Waals surface area contributed by atoms with Gasteiger partial charge in [0.25, 0.3) is 0 Å². The second-order valence-corrected chi connectivity index (χ2v) is 7.41. The molecule has 5 nitrogen and oxygen atoms in total. The number of quaternary nitrogens is 1. The largest absolute Gasteiger partial charge is 0.335 e. The maximum atomic E-state index is 12.0. The van der Waals surface area contributed by atoms with Crippen molar-refractivity contribution < 1.29 is 9.69 Å². The van der Waals surface area contributed by atoms with Crippen molar-refractivity contribution in [3.63, 3.8) is 0 Å². The van der Waals surface area contributed by atoms with Gasteiger partial charge in [-0.25, -0.2) is 0 Å². The third kappa shape index (κ3) is 5.39. The van der Waals surface area contributed by atoms with Gasteiger partial charge in [-0.2, -0.15) is 0 Å². The van der Waals surface area contributed by atoms with E-state index in [9.17, 15) is 4.79 Å². The first kappa shape index (κ1) is 17.0. The van der Waals surface area contributed by atoms with E-state index in [1.165, 1.54) is 49.3 Å². The van der Waals surface area contributed by atoms with Gasteiger partial charge in [-0.1, -0.05) is 41.7 Å². The molecule has 0 bridgehead atoms. The molecule has 3 rings (SSSR count). The minimum absolute atomic E-state index is 0.00297. The van der Waals surface area contributed by atoms with E-state index in [0.29, 0.717) is 11.6 Å². The van der Waals surface area contributed by atoms with Gasteiger partial charge in [0.05, 0.1) is 26.1 Å².